The molecule has 1 atom stereocenters. The maximum absolute atomic E-state index is 5.72. The molecule has 0 saturated heterocycles. The zero-order valence-corrected chi connectivity index (χ0v) is 12.2. The van der Waals surface area contributed by atoms with Crippen LogP contribution in [-0.4, -0.2) is 11.5 Å². The molecule has 1 aromatic heterocycles. The zero-order valence-electron chi connectivity index (χ0n) is 11.4. The monoisotopic (exact) mass is 276 g/mol. The lowest BCUT2D eigenvalue weighted by molar-refractivity contribution is 0.309. The van der Waals surface area contributed by atoms with E-state index in [4.69, 9.17) is 4.74 Å². The fraction of sp³-hybridized carbons (Fsp3) is 0.400. The highest BCUT2D eigenvalue weighted by atomic mass is 32.1. The highest BCUT2D eigenvalue weighted by Crippen LogP contribution is 2.19. The van der Waals surface area contributed by atoms with Crippen LogP contribution in [-0.2, 0) is 6.61 Å². The maximum Gasteiger partial charge on any atom is 0.124 e. The average molecular weight is 276 g/mol. The summed E-state index contributed by atoms with van der Waals surface area (Å²) in [6.07, 6.45) is 3.00. The van der Waals surface area contributed by atoms with Gasteiger partial charge in [0.05, 0.1) is 10.4 Å². The Morgan fingerprint density at radius 2 is 2.11 bits per heavy atom. The fourth-order valence-electron chi connectivity index (χ4n) is 1.80. The summed E-state index contributed by atoms with van der Waals surface area (Å²) in [6.45, 7) is 6.00. The summed E-state index contributed by atoms with van der Waals surface area (Å²) in [5.74, 6) is 0.903. The molecule has 0 spiro atoms. The lowest BCUT2D eigenvalue weighted by Gasteiger charge is -2.14. The molecule has 102 valence electrons. The molecule has 0 aliphatic rings. The molecular weight excluding hydrogens is 256 g/mol. The van der Waals surface area contributed by atoms with Crippen LogP contribution < -0.4 is 10.1 Å². The van der Waals surface area contributed by atoms with Gasteiger partial charge < -0.3 is 10.1 Å². The topological polar surface area (TPSA) is 34.1 Å². The lowest BCUT2D eigenvalue weighted by atomic mass is 10.1. The van der Waals surface area contributed by atoms with Gasteiger partial charge in [0.15, 0.2) is 0 Å². The minimum absolute atomic E-state index is 0.385. The summed E-state index contributed by atoms with van der Waals surface area (Å²) in [5, 5.41) is 3.47. The Morgan fingerprint density at radius 3 is 2.74 bits per heavy atom. The molecule has 0 amide bonds. The molecule has 1 unspecified atom stereocenters. The molecule has 2 aromatic rings. The van der Waals surface area contributed by atoms with Crippen molar-refractivity contribution in [3.8, 4) is 5.75 Å². The van der Waals surface area contributed by atoms with Crippen molar-refractivity contribution in [1.29, 1.82) is 0 Å². The van der Waals surface area contributed by atoms with Gasteiger partial charge in [-0.15, -0.1) is 11.3 Å². The Labute approximate surface area is 118 Å². The number of hydrogen-bond acceptors (Lipinski definition) is 4. The molecule has 3 nitrogen and oxygen atoms in total. The summed E-state index contributed by atoms with van der Waals surface area (Å²) in [5.41, 5.74) is 3.11. The van der Waals surface area contributed by atoms with E-state index in [9.17, 15) is 0 Å². The molecule has 0 bridgehead atoms. The molecule has 0 aliphatic carbocycles. The van der Waals surface area contributed by atoms with E-state index in [-0.39, 0.29) is 0 Å². The van der Waals surface area contributed by atoms with Crippen molar-refractivity contribution in [3.63, 3.8) is 0 Å². The van der Waals surface area contributed by atoms with Gasteiger partial charge in [-0.25, -0.2) is 0 Å². The van der Waals surface area contributed by atoms with Gasteiger partial charge in [0.25, 0.3) is 0 Å². The van der Waals surface area contributed by atoms with Crippen LogP contribution in [0.3, 0.4) is 0 Å². The van der Waals surface area contributed by atoms with Crippen molar-refractivity contribution in [2.75, 3.05) is 6.54 Å². The van der Waals surface area contributed by atoms with Crippen LogP contribution in [0.5, 0.6) is 5.75 Å². The van der Waals surface area contributed by atoms with Crippen LogP contribution >= 0.6 is 11.3 Å². The van der Waals surface area contributed by atoms with Gasteiger partial charge in [0.1, 0.15) is 12.4 Å². The second kappa shape index (κ2) is 7.26. The fourth-order valence-corrected chi connectivity index (χ4v) is 2.31. The first-order valence-corrected chi connectivity index (χ1v) is 7.51. The van der Waals surface area contributed by atoms with E-state index in [2.05, 4.69) is 36.3 Å². The van der Waals surface area contributed by atoms with Gasteiger partial charge in [-0.2, -0.15) is 0 Å². The standard InChI is InChI=1S/C15H20N2OS/c1-3-8-17-12(2)13-4-6-14(7-5-13)18-10-15-9-16-11-19-15/h4-7,9,11-12,17H,3,8,10H2,1-2H3. The third kappa shape index (κ3) is 4.33. The van der Waals surface area contributed by atoms with Crippen molar-refractivity contribution >= 4 is 11.3 Å². The van der Waals surface area contributed by atoms with Crippen molar-refractivity contribution in [2.24, 2.45) is 0 Å². The van der Waals surface area contributed by atoms with Crippen LogP contribution in [0, 0.1) is 0 Å². The molecule has 1 aromatic carbocycles. The van der Waals surface area contributed by atoms with Gasteiger partial charge in [0, 0.05) is 12.2 Å². The Bertz CT molecular complexity index is 467. The number of aromatic nitrogens is 1. The Kier molecular flexibility index (Phi) is 5.36. The number of nitrogens with one attached hydrogen (secondary N) is 1. The molecule has 0 saturated carbocycles. The van der Waals surface area contributed by atoms with E-state index < -0.39 is 0 Å². The predicted octanol–water partition coefficient (Wildman–Crippen LogP) is 3.78. The van der Waals surface area contributed by atoms with Crippen molar-refractivity contribution in [1.82, 2.24) is 10.3 Å². The SMILES string of the molecule is CCCNC(C)c1ccc(OCc2cncs2)cc1. The van der Waals surface area contributed by atoms with Crippen molar-refractivity contribution in [3.05, 3.63) is 46.4 Å². The van der Waals surface area contributed by atoms with Crippen molar-refractivity contribution in [2.45, 2.75) is 32.9 Å². The first-order chi connectivity index (χ1) is 9.29. The first-order valence-electron chi connectivity index (χ1n) is 6.63. The smallest absolute Gasteiger partial charge is 0.124 e. The second-order valence-corrected chi connectivity index (χ2v) is 5.47. The van der Waals surface area contributed by atoms with Crippen LogP contribution in [0.15, 0.2) is 36.0 Å². The van der Waals surface area contributed by atoms with Crippen LogP contribution in [0.25, 0.3) is 0 Å². The van der Waals surface area contributed by atoms with E-state index in [1.165, 1.54) is 5.56 Å². The first kappa shape index (κ1) is 14.0. The average Bonchev–Trinajstić information content (AvgIpc) is 2.96. The second-order valence-electron chi connectivity index (χ2n) is 4.50. The van der Waals surface area contributed by atoms with Crippen LogP contribution in [0.1, 0.15) is 36.8 Å². The Morgan fingerprint density at radius 1 is 1.32 bits per heavy atom. The molecule has 4 heteroatoms. The van der Waals surface area contributed by atoms with E-state index in [0.29, 0.717) is 12.6 Å². The third-order valence-electron chi connectivity index (χ3n) is 2.95. The molecule has 19 heavy (non-hydrogen) atoms. The van der Waals surface area contributed by atoms with E-state index in [1.54, 1.807) is 11.3 Å². The highest BCUT2D eigenvalue weighted by molar-refractivity contribution is 7.09. The molecule has 1 heterocycles. The third-order valence-corrected chi connectivity index (χ3v) is 3.70. The summed E-state index contributed by atoms with van der Waals surface area (Å²) in [7, 11) is 0. The maximum atomic E-state index is 5.72. The summed E-state index contributed by atoms with van der Waals surface area (Å²) in [4.78, 5) is 5.17. The zero-order chi connectivity index (χ0) is 13.5. The van der Waals surface area contributed by atoms with Gasteiger partial charge in [0.2, 0.25) is 0 Å². The van der Waals surface area contributed by atoms with Crippen LogP contribution in [0.4, 0.5) is 0 Å². The van der Waals surface area contributed by atoms with E-state index in [1.807, 2.05) is 23.8 Å². The molecule has 1 N–H and O–H groups in total. The lowest BCUT2D eigenvalue weighted by Crippen LogP contribution is -2.19. The number of nitrogens with zero attached hydrogens (tertiary/aromatic N) is 1. The Hall–Kier alpha value is -1.39. The summed E-state index contributed by atoms with van der Waals surface area (Å²) < 4.78 is 5.72. The predicted molar refractivity (Wildman–Crippen MR) is 79.6 cm³/mol. The Balaban J connectivity index is 1.87. The quantitative estimate of drug-likeness (QED) is 0.835. The number of rotatable bonds is 7. The van der Waals surface area contributed by atoms with Gasteiger partial charge in [-0.05, 0) is 37.6 Å². The molecule has 0 radical (unpaired) electrons. The van der Waals surface area contributed by atoms with Gasteiger partial charge in [-0.1, -0.05) is 19.1 Å². The minimum Gasteiger partial charge on any atom is -0.488 e. The molecule has 0 aliphatic heterocycles. The van der Waals surface area contributed by atoms with Gasteiger partial charge >= 0.3 is 0 Å². The van der Waals surface area contributed by atoms with E-state index in [0.717, 1.165) is 23.6 Å². The summed E-state index contributed by atoms with van der Waals surface area (Å²) in [6, 6.07) is 8.68. The molecule has 2 rings (SSSR count). The molecular formula is C15H20N2OS. The van der Waals surface area contributed by atoms with Gasteiger partial charge in [-0.3, -0.25) is 4.98 Å². The summed E-state index contributed by atoms with van der Waals surface area (Å²) >= 11 is 1.61. The minimum atomic E-state index is 0.385. The molecule has 0 fully saturated rings. The number of hydrogen-bond donors (Lipinski definition) is 1. The van der Waals surface area contributed by atoms with Crippen molar-refractivity contribution < 1.29 is 4.74 Å². The largest absolute Gasteiger partial charge is 0.488 e. The van der Waals surface area contributed by atoms with E-state index >= 15 is 0 Å². The number of thiazole rings is 1. The highest BCUT2D eigenvalue weighted by Gasteiger charge is 2.04. The number of benzene rings is 1. The normalized spacial score (nSPS) is 12.3. The number of ether oxygens (including phenoxy) is 1. The van der Waals surface area contributed by atoms with Crippen LogP contribution in [0.2, 0.25) is 0 Å².